The van der Waals surface area contributed by atoms with E-state index in [-0.39, 0.29) is 10.9 Å². The van der Waals surface area contributed by atoms with Gasteiger partial charge in [0.2, 0.25) is 0 Å². The molecule has 3 atom stereocenters. The minimum Gasteiger partial charge on any atom is -0.480 e. The topological polar surface area (TPSA) is 49.3 Å². The number of carboxylic acids is 1. The highest BCUT2D eigenvalue weighted by molar-refractivity contribution is 8.04. The van der Waals surface area contributed by atoms with E-state index in [1.165, 1.54) is 0 Å². The summed E-state index contributed by atoms with van der Waals surface area (Å²) in [4.78, 5) is 10.8. The van der Waals surface area contributed by atoms with E-state index in [0.29, 0.717) is 11.7 Å². The van der Waals surface area contributed by atoms with E-state index in [1.807, 2.05) is 11.8 Å². The summed E-state index contributed by atoms with van der Waals surface area (Å²) in [6.45, 7) is 2.20. The maximum atomic E-state index is 10.8. The number of thioether (sulfide) groups is 2. The van der Waals surface area contributed by atoms with E-state index in [9.17, 15) is 4.79 Å². The second kappa shape index (κ2) is 3.37. The minimum absolute atomic E-state index is 0.0493. The summed E-state index contributed by atoms with van der Waals surface area (Å²) in [5.74, 6) is 2.76. The molecule has 2 unspecified atom stereocenters. The Kier molecular flexibility index (Phi) is 2.51. The fraction of sp³-hybridized carbons (Fsp3) is 0.875. The van der Waals surface area contributed by atoms with Gasteiger partial charge in [0.1, 0.15) is 6.04 Å². The second-order valence-corrected chi connectivity index (χ2v) is 6.03. The number of hydrogen-bond donors (Lipinski definition) is 2. The van der Waals surface area contributed by atoms with Crippen molar-refractivity contribution >= 4 is 29.5 Å². The predicted molar refractivity (Wildman–Crippen MR) is 56.2 cm³/mol. The van der Waals surface area contributed by atoms with E-state index in [0.717, 1.165) is 11.5 Å². The van der Waals surface area contributed by atoms with Gasteiger partial charge < -0.3 is 5.11 Å². The zero-order chi connectivity index (χ0) is 9.47. The van der Waals surface area contributed by atoms with Gasteiger partial charge in [0, 0.05) is 11.5 Å². The molecule has 2 heterocycles. The van der Waals surface area contributed by atoms with Crippen molar-refractivity contribution < 1.29 is 9.90 Å². The molecule has 0 saturated carbocycles. The molecule has 2 saturated heterocycles. The van der Waals surface area contributed by atoms with Gasteiger partial charge in [0.25, 0.3) is 0 Å². The molecule has 1 spiro atoms. The molecule has 2 aliphatic heterocycles. The van der Waals surface area contributed by atoms with Crippen molar-refractivity contribution in [3.8, 4) is 0 Å². The molecule has 0 aliphatic carbocycles. The van der Waals surface area contributed by atoms with Crippen molar-refractivity contribution in [3.05, 3.63) is 0 Å². The van der Waals surface area contributed by atoms with Gasteiger partial charge in [-0.15, -0.1) is 11.8 Å². The monoisotopic (exact) mass is 219 g/mol. The molecule has 0 amide bonds. The number of rotatable bonds is 1. The number of aliphatic carboxylic acids is 1. The first-order valence-electron chi connectivity index (χ1n) is 4.36. The molecule has 2 aliphatic rings. The Morgan fingerprint density at radius 1 is 1.62 bits per heavy atom. The van der Waals surface area contributed by atoms with Crippen LogP contribution in [0.4, 0.5) is 0 Å². The number of nitrogens with one attached hydrogen (secondary N) is 1. The highest BCUT2D eigenvalue weighted by Gasteiger charge is 2.48. The van der Waals surface area contributed by atoms with Crippen LogP contribution in [-0.4, -0.2) is 39.2 Å². The van der Waals surface area contributed by atoms with E-state index < -0.39 is 5.97 Å². The Balaban J connectivity index is 2.07. The molecule has 2 rings (SSSR count). The summed E-state index contributed by atoms with van der Waals surface area (Å²) in [6, 6.07) is -0.342. The maximum absolute atomic E-state index is 10.8. The first-order chi connectivity index (χ1) is 6.14. The van der Waals surface area contributed by atoms with Crippen molar-refractivity contribution in [3.63, 3.8) is 0 Å². The normalized spacial score (nSPS) is 44.4. The van der Waals surface area contributed by atoms with Gasteiger partial charge in [-0.3, -0.25) is 10.1 Å². The van der Waals surface area contributed by atoms with Crippen LogP contribution in [0.2, 0.25) is 0 Å². The Morgan fingerprint density at radius 3 is 2.85 bits per heavy atom. The molecule has 2 fully saturated rings. The van der Waals surface area contributed by atoms with Gasteiger partial charge in [-0.1, -0.05) is 6.92 Å². The quantitative estimate of drug-likeness (QED) is 0.685. The molecule has 3 nitrogen and oxygen atoms in total. The van der Waals surface area contributed by atoms with Crippen LogP contribution in [0, 0.1) is 5.92 Å². The Hall–Kier alpha value is 0.130. The summed E-state index contributed by atoms with van der Waals surface area (Å²) >= 11 is 3.70. The fourth-order valence-corrected chi connectivity index (χ4v) is 5.17. The first-order valence-corrected chi connectivity index (χ1v) is 6.50. The standard InChI is InChI=1S/C8H13NO2S2/c1-5-2-12-4-8(5)9-6(3-13-8)7(10)11/h5-6,9H,2-4H2,1H3,(H,10,11)/t5?,6-,8?/m0/s1. The van der Waals surface area contributed by atoms with Crippen molar-refractivity contribution in [2.24, 2.45) is 5.92 Å². The zero-order valence-electron chi connectivity index (χ0n) is 7.45. The highest BCUT2D eigenvalue weighted by atomic mass is 32.2. The van der Waals surface area contributed by atoms with Gasteiger partial charge in [0.05, 0.1) is 4.87 Å². The summed E-state index contributed by atoms with van der Waals surface area (Å²) in [5.41, 5.74) is 0. The third kappa shape index (κ3) is 1.57. The van der Waals surface area contributed by atoms with Crippen molar-refractivity contribution in [2.75, 3.05) is 17.3 Å². The van der Waals surface area contributed by atoms with Crippen LogP contribution >= 0.6 is 23.5 Å². The third-order valence-electron chi connectivity index (χ3n) is 2.70. The molecule has 0 radical (unpaired) electrons. The molecule has 0 bridgehead atoms. The number of carboxylic acid groups (broad SMARTS) is 1. The van der Waals surface area contributed by atoms with Crippen LogP contribution in [0.3, 0.4) is 0 Å². The van der Waals surface area contributed by atoms with Crippen LogP contribution in [-0.2, 0) is 4.79 Å². The summed E-state index contributed by atoms with van der Waals surface area (Å²) in [6.07, 6.45) is 0. The largest absolute Gasteiger partial charge is 0.480 e. The summed E-state index contributed by atoms with van der Waals surface area (Å²) in [7, 11) is 0. The first kappa shape index (κ1) is 9.68. The molecule has 74 valence electrons. The van der Waals surface area contributed by atoms with E-state index >= 15 is 0 Å². The predicted octanol–water partition coefficient (Wildman–Crippen LogP) is 0.855. The lowest BCUT2D eigenvalue weighted by molar-refractivity contribution is -0.138. The summed E-state index contributed by atoms with van der Waals surface area (Å²) < 4.78 is 0. The smallest absolute Gasteiger partial charge is 0.321 e. The molecular formula is C8H13NO2S2. The summed E-state index contributed by atoms with van der Waals surface area (Å²) in [5, 5.41) is 12.1. The molecule has 0 aromatic heterocycles. The number of hydrogen-bond acceptors (Lipinski definition) is 4. The molecule has 13 heavy (non-hydrogen) atoms. The third-order valence-corrected chi connectivity index (χ3v) is 5.96. The Labute approximate surface area is 86.0 Å². The van der Waals surface area contributed by atoms with Crippen molar-refractivity contribution in [2.45, 2.75) is 17.8 Å². The van der Waals surface area contributed by atoms with Gasteiger partial charge >= 0.3 is 5.97 Å². The van der Waals surface area contributed by atoms with E-state index in [1.54, 1.807) is 11.8 Å². The molecular weight excluding hydrogens is 206 g/mol. The van der Waals surface area contributed by atoms with Crippen LogP contribution < -0.4 is 5.32 Å². The Morgan fingerprint density at radius 2 is 2.38 bits per heavy atom. The lowest BCUT2D eigenvalue weighted by Gasteiger charge is -2.27. The van der Waals surface area contributed by atoms with Crippen LogP contribution in [0.15, 0.2) is 0 Å². The Bertz CT molecular complexity index is 236. The van der Waals surface area contributed by atoms with E-state index in [4.69, 9.17) is 5.11 Å². The molecule has 0 aromatic carbocycles. The maximum Gasteiger partial charge on any atom is 0.321 e. The fourth-order valence-electron chi connectivity index (χ4n) is 1.78. The van der Waals surface area contributed by atoms with Crippen LogP contribution in [0.1, 0.15) is 6.92 Å². The zero-order valence-corrected chi connectivity index (χ0v) is 9.08. The van der Waals surface area contributed by atoms with Gasteiger partial charge in [-0.25, -0.2) is 0 Å². The lowest BCUT2D eigenvalue weighted by Crippen LogP contribution is -2.48. The highest BCUT2D eigenvalue weighted by Crippen LogP contribution is 2.45. The molecule has 5 heteroatoms. The molecule has 0 aromatic rings. The average molecular weight is 219 g/mol. The second-order valence-electron chi connectivity index (χ2n) is 3.65. The minimum atomic E-state index is -0.714. The van der Waals surface area contributed by atoms with Crippen LogP contribution in [0.25, 0.3) is 0 Å². The molecule has 2 N–H and O–H groups in total. The SMILES string of the molecule is CC1CSCC12N[C@H](C(=O)O)CS2. The van der Waals surface area contributed by atoms with Gasteiger partial charge in [0.15, 0.2) is 0 Å². The van der Waals surface area contributed by atoms with Gasteiger partial charge in [-0.05, 0) is 11.7 Å². The van der Waals surface area contributed by atoms with Crippen molar-refractivity contribution in [1.82, 2.24) is 5.32 Å². The van der Waals surface area contributed by atoms with Crippen LogP contribution in [0.5, 0.6) is 0 Å². The number of carbonyl (C=O) groups is 1. The van der Waals surface area contributed by atoms with Crippen molar-refractivity contribution in [1.29, 1.82) is 0 Å². The van der Waals surface area contributed by atoms with Gasteiger partial charge in [-0.2, -0.15) is 11.8 Å². The lowest BCUT2D eigenvalue weighted by atomic mass is 10.1. The van der Waals surface area contributed by atoms with E-state index in [2.05, 4.69) is 12.2 Å². The average Bonchev–Trinajstić information content (AvgIpc) is 2.63.